The molecule has 0 aromatic heterocycles. The highest BCUT2D eigenvalue weighted by atomic mass is 35.5. The first kappa shape index (κ1) is 15.9. The molecule has 0 saturated carbocycles. The van der Waals surface area contributed by atoms with Gasteiger partial charge in [0.2, 0.25) is 0 Å². The second-order valence-corrected chi connectivity index (χ2v) is 3.88. The molecule has 8 heteroatoms. The number of hydrogen-bond donors (Lipinski definition) is 1. The minimum absolute atomic E-state index is 0.117. The Labute approximate surface area is 113 Å². The fraction of sp³-hybridized carbons (Fsp3) is 0.455. The van der Waals surface area contributed by atoms with Gasteiger partial charge in [-0.05, 0) is 6.07 Å². The summed E-state index contributed by atoms with van der Waals surface area (Å²) >= 11 is 5.84. The Morgan fingerprint density at radius 3 is 2.47 bits per heavy atom. The number of nitrogens with two attached hydrogens (primary N) is 1. The van der Waals surface area contributed by atoms with Crippen molar-refractivity contribution in [2.45, 2.75) is 12.9 Å². The normalized spacial score (nSPS) is 11.5. The molecule has 0 heterocycles. The topological polar surface area (TPSA) is 53.7 Å². The molecule has 108 valence electrons. The third-order valence-corrected chi connectivity index (χ3v) is 2.35. The molecule has 0 bridgehead atoms. The molecule has 0 aliphatic rings. The lowest BCUT2D eigenvalue weighted by atomic mass is 10.2. The zero-order chi connectivity index (χ0) is 14.5. The van der Waals surface area contributed by atoms with Gasteiger partial charge >= 0.3 is 6.36 Å². The molecular formula is C11H13ClF3NO3. The Bertz CT molecular complexity index is 401. The molecule has 1 aromatic rings. The fourth-order valence-corrected chi connectivity index (χ4v) is 1.62. The summed E-state index contributed by atoms with van der Waals surface area (Å²) in [5.74, 6) is 0.570. The molecule has 1 rings (SSSR count). The summed E-state index contributed by atoms with van der Waals surface area (Å²) in [6, 6.07) is 3.05. The zero-order valence-corrected chi connectivity index (χ0v) is 10.8. The minimum Gasteiger partial charge on any atom is -0.493 e. The Kier molecular flexibility index (Phi) is 5.71. The van der Waals surface area contributed by atoms with E-state index in [2.05, 4.69) is 4.74 Å². The van der Waals surface area contributed by atoms with Gasteiger partial charge in [0.1, 0.15) is 6.61 Å². The monoisotopic (exact) mass is 299 g/mol. The van der Waals surface area contributed by atoms with Gasteiger partial charge in [0, 0.05) is 23.2 Å². The van der Waals surface area contributed by atoms with Crippen molar-refractivity contribution in [1.29, 1.82) is 0 Å². The maximum Gasteiger partial charge on any atom is 0.522 e. The van der Waals surface area contributed by atoms with Crippen LogP contribution in [0.4, 0.5) is 13.2 Å². The van der Waals surface area contributed by atoms with Crippen molar-refractivity contribution < 1.29 is 27.4 Å². The predicted molar refractivity (Wildman–Crippen MR) is 63.4 cm³/mol. The van der Waals surface area contributed by atoms with Crippen LogP contribution in [0.15, 0.2) is 12.1 Å². The van der Waals surface area contributed by atoms with Gasteiger partial charge in [-0.25, -0.2) is 0 Å². The number of benzene rings is 1. The van der Waals surface area contributed by atoms with Crippen molar-refractivity contribution in [2.24, 2.45) is 5.73 Å². The zero-order valence-electron chi connectivity index (χ0n) is 10.1. The molecule has 2 N–H and O–H groups in total. The van der Waals surface area contributed by atoms with E-state index in [1.807, 2.05) is 0 Å². The van der Waals surface area contributed by atoms with Crippen LogP contribution in [-0.2, 0) is 11.3 Å². The van der Waals surface area contributed by atoms with E-state index in [0.717, 1.165) is 0 Å². The highest BCUT2D eigenvalue weighted by Crippen LogP contribution is 2.34. The standard InChI is InChI=1S/C11H13ClF3NO3/c1-17-9-5-8(12)4-7(6-16)10(9)18-2-3-19-11(13,14)15/h4-5H,2-3,6,16H2,1H3. The van der Waals surface area contributed by atoms with Crippen LogP contribution < -0.4 is 15.2 Å². The van der Waals surface area contributed by atoms with E-state index < -0.39 is 13.0 Å². The van der Waals surface area contributed by atoms with Crippen LogP contribution >= 0.6 is 11.6 Å². The summed E-state index contributed by atoms with van der Waals surface area (Å²) in [6.07, 6.45) is -4.68. The fourth-order valence-electron chi connectivity index (χ4n) is 1.39. The van der Waals surface area contributed by atoms with Crippen LogP contribution in [0.5, 0.6) is 11.5 Å². The predicted octanol–water partition coefficient (Wildman–Crippen LogP) is 2.72. The van der Waals surface area contributed by atoms with Crippen LogP contribution in [0.2, 0.25) is 5.02 Å². The Balaban J connectivity index is 2.71. The van der Waals surface area contributed by atoms with Crippen molar-refractivity contribution in [3.63, 3.8) is 0 Å². The van der Waals surface area contributed by atoms with Crippen molar-refractivity contribution in [2.75, 3.05) is 20.3 Å². The van der Waals surface area contributed by atoms with Crippen molar-refractivity contribution in [1.82, 2.24) is 0 Å². The summed E-state index contributed by atoms with van der Waals surface area (Å²) in [5.41, 5.74) is 6.05. The first-order valence-corrected chi connectivity index (χ1v) is 5.65. The average molecular weight is 300 g/mol. The van der Waals surface area contributed by atoms with Gasteiger partial charge in [-0.3, -0.25) is 4.74 Å². The molecule has 0 atom stereocenters. The summed E-state index contributed by atoms with van der Waals surface area (Å²) < 4.78 is 49.2. The van der Waals surface area contributed by atoms with Gasteiger partial charge in [-0.2, -0.15) is 0 Å². The Hall–Kier alpha value is -1.18. The molecule has 19 heavy (non-hydrogen) atoms. The lowest BCUT2D eigenvalue weighted by Gasteiger charge is -2.15. The second-order valence-electron chi connectivity index (χ2n) is 3.44. The van der Waals surface area contributed by atoms with E-state index >= 15 is 0 Å². The molecule has 1 aromatic carbocycles. The highest BCUT2D eigenvalue weighted by Gasteiger charge is 2.28. The molecule has 0 fully saturated rings. The van der Waals surface area contributed by atoms with Gasteiger partial charge < -0.3 is 15.2 Å². The average Bonchev–Trinajstić information content (AvgIpc) is 2.33. The molecule has 4 nitrogen and oxygen atoms in total. The van der Waals surface area contributed by atoms with Gasteiger partial charge in [0.15, 0.2) is 11.5 Å². The molecule has 0 spiro atoms. The Morgan fingerprint density at radius 2 is 1.95 bits per heavy atom. The van der Waals surface area contributed by atoms with E-state index in [1.165, 1.54) is 13.2 Å². The number of rotatable bonds is 6. The van der Waals surface area contributed by atoms with Crippen LogP contribution in [0.1, 0.15) is 5.56 Å². The van der Waals surface area contributed by atoms with Gasteiger partial charge in [0.05, 0.1) is 13.7 Å². The number of alkyl halides is 3. The van der Waals surface area contributed by atoms with E-state index in [4.69, 9.17) is 26.8 Å². The van der Waals surface area contributed by atoms with Crippen molar-refractivity contribution >= 4 is 11.6 Å². The van der Waals surface area contributed by atoms with Crippen molar-refractivity contribution in [3.05, 3.63) is 22.7 Å². The molecule has 0 aliphatic heterocycles. The van der Waals surface area contributed by atoms with Gasteiger partial charge in [-0.15, -0.1) is 13.2 Å². The Morgan fingerprint density at radius 1 is 1.26 bits per heavy atom. The largest absolute Gasteiger partial charge is 0.522 e. The lowest BCUT2D eigenvalue weighted by molar-refractivity contribution is -0.325. The van der Waals surface area contributed by atoms with Crippen LogP contribution in [0.3, 0.4) is 0 Å². The molecule has 0 aliphatic carbocycles. The van der Waals surface area contributed by atoms with Crippen LogP contribution in [0.25, 0.3) is 0 Å². The summed E-state index contributed by atoms with van der Waals surface area (Å²) in [4.78, 5) is 0. The summed E-state index contributed by atoms with van der Waals surface area (Å²) in [7, 11) is 1.39. The minimum atomic E-state index is -4.68. The molecule has 0 saturated heterocycles. The number of ether oxygens (including phenoxy) is 3. The first-order chi connectivity index (χ1) is 8.87. The molecular weight excluding hydrogens is 287 g/mol. The highest BCUT2D eigenvalue weighted by molar-refractivity contribution is 6.30. The third-order valence-electron chi connectivity index (χ3n) is 2.13. The second kappa shape index (κ2) is 6.83. The third kappa shape index (κ3) is 5.14. The smallest absolute Gasteiger partial charge is 0.493 e. The molecule has 0 radical (unpaired) electrons. The van der Waals surface area contributed by atoms with E-state index in [-0.39, 0.29) is 18.9 Å². The number of halogens is 4. The van der Waals surface area contributed by atoms with Crippen LogP contribution in [0, 0.1) is 0 Å². The maximum atomic E-state index is 11.8. The quantitative estimate of drug-likeness (QED) is 0.821. The number of hydrogen-bond acceptors (Lipinski definition) is 4. The number of methoxy groups -OCH3 is 1. The molecule has 0 amide bonds. The summed E-state index contributed by atoms with van der Waals surface area (Å²) in [6.45, 7) is -0.795. The summed E-state index contributed by atoms with van der Waals surface area (Å²) in [5, 5.41) is 0.399. The first-order valence-electron chi connectivity index (χ1n) is 5.27. The van der Waals surface area contributed by atoms with Crippen LogP contribution in [-0.4, -0.2) is 26.7 Å². The van der Waals surface area contributed by atoms with Gasteiger partial charge in [-0.1, -0.05) is 11.6 Å². The maximum absolute atomic E-state index is 11.8. The van der Waals surface area contributed by atoms with Gasteiger partial charge in [0.25, 0.3) is 0 Å². The van der Waals surface area contributed by atoms with E-state index in [9.17, 15) is 13.2 Å². The van der Waals surface area contributed by atoms with E-state index in [1.54, 1.807) is 6.07 Å². The van der Waals surface area contributed by atoms with Crippen molar-refractivity contribution in [3.8, 4) is 11.5 Å². The molecule has 0 unspecified atom stereocenters. The SMILES string of the molecule is COc1cc(Cl)cc(CN)c1OCCOC(F)(F)F. The van der Waals surface area contributed by atoms with E-state index in [0.29, 0.717) is 16.3 Å². The lowest BCUT2D eigenvalue weighted by Crippen LogP contribution is -2.18.